The van der Waals surface area contributed by atoms with Gasteiger partial charge in [-0.1, -0.05) is 11.6 Å². The summed E-state index contributed by atoms with van der Waals surface area (Å²) in [6, 6.07) is 5.84. The SMILES string of the molecule is C[C@@H](NCc1ccc(C(F)(F)F)cn1)c1ccc(Cl)cn1. The first-order valence-corrected chi connectivity index (χ1v) is 6.61. The smallest absolute Gasteiger partial charge is 0.303 e. The van der Waals surface area contributed by atoms with Gasteiger partial charge in [0.15, 0.2) is 0 Å². The first kappa shape index (κ1) is 15.7. The molecule has 0 bridgehead atoms. The normalized spacial score (nSPS) is 13.2. The Morgan fingerprint density at radius 1 is 1.14 bits per heavy atom. The highest BCUT2D eigenvalue weighted by Crippen LogP contribution is 2.28. The van der Waals surface area contributed by atoms with Crippen molar-refractivity contribution in [3.8, 4) is 0 Å². The Bertz CT molecular complexity index is 582. The molecule has 0 spiro atoms. The largest absolute Gasteiger partial charge is 0.417 e. The molecule has 2 aromatic rings. The summed E-state index contributed by atoms with van der Waals surface area (Å²) in [7, 11) is 0. The predicted octanol–water partition coefficient (Wildman–Crippen LogP) is 4.00. The summed E-state index contributed by atoms with van der Waals surface area (Å²) >= 11 is 5.76. The van der Waals surface area contributed by atoms with Crippen LogP contribution in [-0.4, -0.2) is 9.97 Å². The first-order chi connectivity index (χ1) is 9.86. The maximum atomic E-state index is 12.4. The van der Waals surface area contributed by atoms with Gasteiger partial charge in [-0.15, -0.1) is 0 Å². The van der Waals surface area contributed by atoms with Gasteiger partial charge in [-0.05, 0) is 31.2 Å². The second-order valence-electron chi connectivity index (χ2n) is 4.54. The molecule has 2 heterocycles. The van der Waals surface area contributed by atoms with Gasteiger partial charge in [0.1, 0.15) is 0 Å². The average molecular weight is 316 g/mol. The molecule has 21 heavy (non-hydrogen) atoms. The van der Waals surface area contributed by atoms with Gasteiger partial charge in [-0.2, -0.15) is 13.2 Å². The Balaban J connectivity index is 1.95. The number of alkyl halides is 3. The van der Waals surface area contributed by atoms with Crippen molar-refractivity contribution in [1.29, 1.82) is 0 Å². The molecular formula is C14H13ClF3N3. The van der Waals surface area contributed by atoms with Gasteiger partial charge in [0.25, 0.3) is 0 Å². The van der Waals surface area contributed by atoms with E-state index in [4.69, 9.17) is 11.6 Å². The van der Waals surface area contributed by atoms with Gasteiger partial charge in [-0.3, -0.25) is 9.97 Å². The van der Waals surface area contributed by atoms with E-state index < -0.39 is 11.7 Å². The molecule has 2 rings (SSSR count). The van der Waals surface area contributed by atoms with Crippen LogP contribution in [-0.2, 0) is 12.7 Å². The van der Waals surface area contributed by atoms with Crippen LogP contribution in [0.3, 0.4) is 0 Å². The van der Waals surface area contributed by atoms with Gasteiger partial charge >= 0.3 is 6.18 Å². The van der Waals surface area contributed by atoms with Crippen LogP contribution in [0.15, 0.2) is 36.7 Å². The van der Waals surface area contributed by atoms with Crippen molar-refractivity contribution in [2.24, 2.45) is 0 Å². The highest BCUT2D eigenvalue weighted by Gasteiger charge is 2.30. The van der Waals surface area contributed by atoms with Crippen LogP contribution in [0.5, 0.6) is 0 Å². The van der Waals surface area contributed by atoms with Crippen molar-refractivity contribution in [1.82, 2.24) is 15.3 Å². The molecular weight excluding hydrogens is 303 g/mol. The van der Waals surface area contributed by atoms with Crippen molar-refractivity contribution < 1.29 is 13.2 Å². The van der Waals surface area contributed by atoms with Crippen molar-refractivity contribution in [2.45, 2.75) is 25.7 Å². The zero-order valence-corrected chi connectivity index (χ0v) is 11.9. The fourth-order valence-electron chi connectivity index (χ4n) is 1.70. The van der Waals surface area contributed by atoms with Crippen molar-refractivity contribution in [3.05, 3.63) is 58.6 Å². The van der Waals surface area contributed by atoms with Crippen LogP contribution >= 0.6 is 11.6 Å². The lowest BCUT2D eigenvalue weighted by Gasteiger charge is -2.13. The quantitative estimate of drug-likeness (QED) is 0.926. The van der Waals surface area contributed by atoms with E-state index >= 15 is 0 Å². The van der Waals surface area contributed by atoms with E-state index in [0.29, 0.717) is 17.3 Å². The lowest BCUT2D eigenvalue weighted by molar-refractivity contribution is -0.137. The molecule has 0 radical (unpaired) electrons. The summed E-state index contributed by atoms with van der Waals surface area (Å²) in [6.45, 7) is 2.25. The standard InChI is InChI=1S/C14H13ClF3N3/c1-9(13-5-3-11(15)7-21-13)19-8-12-4-2-10(6-20-12)14(16,17)18/h2-7,9,19H,8H2,1H3/t9-/m1/s1. The topological polar surface area (TPSA) is 37.8 Å². The Kier molecular flexibility index (Phi) is 4.80. The molecule has 0 aliphatic heterocycles. The number of halogens is 4. The Hall–Kier alpha value is -1.66. The third-order valence-corrected chi connectivity index (χ3v) is 3.16. The summed E-state index contributed by atoms with van der Waals surface area (Å²) < 4.78 is 37.2. The zero-order chi connectivity index (χ0) is 15.5. The molecule has 0 saturated carbocycles. The average Bonchev–Trinajstić information content (AvgIpc) is 2.45. The van der Waals surface area contributed by atoms with Crippen LogP contribution in [0, 0.1) is 0 Å². The number of nitrogens with one attached hydrogen (secondary N) is 1. The van der Waals surface area contributed by atoms with E-state index in [1.165, 1.54) is 6.07 Å². The monoisotopic (exact) mass is 315 g/mol. The number of pyridine rings is 2. The molecule has 0 aliphatic rings. The highest BCUT2D eigenvalue weighted by atomic mass is 35.5. The van der Waals surface area contributed by atoms with Crippen LogP contribution in [0.2, 0.25) is 5.02 Å². The highest BCUT2D eigenvalue weighted by molar-refractivity contribution is 6.30. The molecule has 1 atom stereocenters. The Morgan fingerprint density at radius 3 is 2.43 bits per heavy atom. The third-order valence-electron chi connectivity index (χ3n) is 2.94. The lowest BCUT2D eigenvalue weighted by atomic mass is 10.2. The molecule has 0 aromatic carbocycles. The second kappa shape index (κ2) is 6.41. The number of hydrogen-bond acceptors (Lipinski definition) is 3. The summed E-state index contributed by atoms with van der Waals surface area (Å²) in [6.07, 6.45) is -1.98. The number of hydrogen-bond donors (Lipinski definition) is 1. The van der Waals surface area contributed by atoms with Crippen molar-refractivity contribution >= 4 is 11.6 Å². The van der Waals surface area contributed by atoms with E-state index in [1.807, 2.05) is 6.92 Å². The maximum absolute atomic E-state index is 12.4. The van der Waals surface area contributed by atoms with Gasteiger partial charge < -0.3 is 5.32 Å². The minimum Gasteiger partial charge on any atom is -0.303 e. The van der Waals surface area contributed by atoms with Crippen molar-refractivity contribution in [3.63, 3.8) is 0 Å². The fourth-order valence-corrected chi connectivity index (χ4v) is 1.81. The van der Waals surface area contributed by atoms with Gasteiger partial charge in [0, 0.05) is 25.0 Å². The molecule has 0 fully saturated rings. The second-order valence-corrected chi connectivity index (χ2v) is 4.98. The van der Waals surface area contributed by atoms with Crippen LogP contribution in [0.1, 0.15) is 29.9 Å². The number of aromatic nitrogens is 2. The predicted molar refractivity (Wildman–Crippen MR) is 73.7 cm³/mol. The van der Waals surface area contributed by atoms with Gasteiger partial charge in [-0.25, -0.2) is 0 Å². The van der Waals surface area contributed by atoms with E-state index in [2.05, 4.69) is 15.3 Å². The Morgan fingerprint density at radius 2 is 1.90 bits per heavy atom. The first-order valence-electron chi connectivity index (χ1n) is 6.23. The maximum Gasteiger partial charge on any atom is 0.417 e. The van der Waals surface area contributed by atoms with Gasteiger partial charge in [0.05, 0.1) is 22.0 Å². The zero-order valence-electron chi connectivity index (χ0n) is 11.2. The summed E-state index contributed by atoms with van der Waals surface area (Å²) in [5, 5.41) is 3.69. The molecule has 3 nitrogen and oxygen atoms in total. The molecule has 7 heteroatoms. The van der Waals surface area contributed by atoms with E-state index in [1.54, 1.807) is 18.3 Å². The van der Waals surface area contributed by atoms with E-state index in [9.17, 15) is 13.2 Å². The Labute approximate surface area is 125 Å². The minimum absolute atomic E-state index is 0.0636. The van der Waals surface area contributed by atoms with Crippen LogP contribution in [0.25, 0.3) is 0 Å². The van der Waals surface area contributed by atoms with Crippen molar-refractivity contribution in [2.75, 3.05) is 0 Å². The molecule has 2 aromatic heterocycles. The lowest BCUT2D eigenvalue weighted by Crippen LogP contribution is -2.19. The molecule has 0 unspecified atom stereocenters. The van der Waals surface area contributed by atoms with Gasteiger partial charge in [0.2, 0.25) is 0 Å². The summed E-state index contributed by atoms with van der Waals surface area (Å²) in [4.78, 5) is 7.97. The molecule has 112 valence electrons. The van der Waals surface area contributed by atoms with Crippen LogP contribution in [0.4, 0.5) is 13.2 Å². The fraction of sp³-hybridized carbons (Fsp3) is 0.286. The molecule has 1 N–H and O–H groups in total. The molecule has 0 aliphatic carbocycles. The van der Waals surface area contributed by atoms with E-state index in [-0.39, 0.29) is 6.04 Å². The summed E-state index contributed by atoms with van der Waals surface area (Å²) in [5.41, 5.74) is 0.578. The van der Waals surface area contributed by atoms with E-state index in [0.717, 1.165) is 18.0 Å². The third kappa shape index (κ3) is 4.41. The molecule has 0 amide bonds. The van der Waals surface area contributed by atoms with Crippen LogP contribution < -0.4 is 5.32 Å². The minimum atomic E-state index is -4.36. The molecule has 0 saturated heterocycles. The summed E-state index contributed by atoms with van der Waals surface area (Å²) in [5.74, 6) is 0. The number of nitrogens with zero attached hydrogens (tertiary/aromatic N) is 2. The number of rotatable bonds is 4.